The molecular weight excluding hydrogens is 326 g/mol. The molecule has 0 bridgehead atoms. The lowest BCUT2D eigenvalue weighted by Gasteiger charge is -2.19. The maximum Gasteiger partial charge on any atom is 0.196 e. The normalized spacial score (nSPS) is 15.3. The molecule has 128 valence electrons. The van der Waals surface area contributed by atoms with E-state index in [-0.39, 0.29) is 11.9 Å². The van der Waals surface area contributed by atoms with Crippen LogP contribution in [-0.4, -0.2) is 19.9 Å². The van der Waals surface area contributed by atoms with Gasteiger partial charge in [0.05, 0.1) is 34.4 Å². The van der Waals surface area contributed by atoms with Crippen molar-refractivity contribution in [3.63, 3.8) is 0 Å². The number of nitrogens with zero attached hydrogens (tertiary/aromatic N) is 2. The molecule has 0 spiro atoms. The van der Waals surface area contributed by atoms with Crippen molar-refractivity contribution in [2.45, 2.75) is 6.04 Å². The number of para-hydroxylation sites is 2. The van der Waals surface area contributed by atoms with E-state index in [1.165, 1.54) is 0 Å². The Morgan fingerprint density at radius 1 is 0.923 bits per heavy atom. The number of aromatic nitrogens is 3. The molecule has 0 aliphatic carbocycles. The Morgan fingerprint density at radius 3 is 2.50 bits per heavy atom. The molecule has 4 aromatic rings. The molecule has 0 saturated carbocycles. The summed E-state index contributed by atoms with van der Waals surface area (Å²) in [5.41, 5.74) is 5.67. The zero-order chi connectivity index (χ0) is 17.5. The number of anilines is 3. The van der Waals surface area contributed by atoms with Crippen LogP contribution in [0.25, 0.3) is 5.69 Å². The Labute approximate surface area is 150 Å². The van der Waals surface area contributed by atoms with Gasteiger partial charge in [0, 0.05) is 18.6 Å². The van der Waals surface area contributed by atoms with Crippen LogP contribution in [0.5, 0.6) is 5.88 Å². The van der Waals surface area contributed by atoms with Crippen molar-refractivity contribution in [3.05, 3.63) is 84.3 Å². The van der Waals surface area contributed by atoms with E-state index in [1.807, 2.05) is 53.3 Å². The van der Waals surface area contributed by atoms with Gasteiger partial charge in [0.25, 0.3) is 0 Å². The second-order valence-corrected chi connectivity index (χ2v) is 6.25. The number of benzene rings is 2. The summed E-state index contributed by atoms with van der Waals surface area (Å²) in [6, 6.07) is 17.9. The van der Waals surface area contributed by atoms with Gasteiger partial charge in [-0.25, -0.2) is 4.68 Å². The third-order valence-electron chi connectivity index (χ3n) is 4.68. The molecule has 1 unspecified atom stereocenters. The Hall–Kier alpha value is -3.67. The topological polar surface area (TPSA) is 77.9 Å². The number of nitrogens with one attached hydrogen (secondary N) is 3. The van der Waals surface area contributed by atoms with Gasteiger partial charge < -0.3 is 20.7 Å². The van der Waals surface area contributed by atoms with Crippen molar-refractivity contribution in [1.29, 1.82) is 0 Å². The molecular formula is C20H17N5O. The molecule has 0 fully saturated rings. The van der Waals surface area contributed by atoms with Crippen LogP contribution < -0.4 is 10.6 Å². The fourth-order valence-corrected chi connectivity index (χ4v) is 3.40. The van der Waals surface area contributed by atoms with Gasteiger partial charge in [-0.3, -0.25) is 0 Å². The number of H-pyrrole nitrogens is 1. The second-order valence-electron chi connectivity index (χ2n) is 6.25. The standard InChI is InChI=1S/C20H17N5O/c26-20-18-17(12-21-20)23-15-4-1-2-5-16(15)24-19(18)13-6-8-14(9-7-13)25-11-3-10-22-25/h1-12,19,21,23-24,26H. The first-order chi connectivity index (χ1) is 12.8. The number of hydrogen-bond acceptors (Lipinski definition) is 4. The highest BCUT2D eigenvalue weighted by molar-refractivity contribution is 5.80. The van der Waals surface area contributed by atoms with Crippen molar-refractivity contribution in [1.82, 2.24) is 14.8 Å². The van der Waals surface area contributed by atoms with Crippen LogP contribution in [0.4, 0.5) is 17.1 Å². The van der Waals surface area contributed by atoms with Gasteiger partial charge in [0.2, 0.25) is 0 Å². The van der Waals surface area contributed by atoms with Crippen LogP contribution in [-0.2, 0) is 0 Å². The summed E-state index contributed by atoms with van der Waals surface area (Å²) in [5.74, 6) is 0.161. The van der Waals surface area contributed by atoms with E-state index in [1.54, 1.807) is 12.4 Å². The highest BCUT2D eigenvalue weighted by atomic mass is 16.3. The Bertz CT molecular complexity index is 1050. The van der Waals surface area contributed by atoms with Crippen LogP contribution in [0.1, 0.15) is 17.2 Å². The SMILES string of the molecule is Oc1[nH]cc2c1C(c1ccc(-n3cccn3)cc1)Nc1ccccc1N2. The lowest BCUT2D eigenvalue weighted by Crippen LogP contribution is -2.11. The fourth-order valence-electron chi connectivity index (χ4n) is 3.40. The summed E-state index contributed by atoms with van der Waals surface area (Å²) in [4.78, 5) is 2.91. The van der Waals surface area contributed by atoms with Gasteiger partial charge in [-0.15, -0.1) is 0 Å². The monoisotopic (exact) mass is 343 g/mol. The minimum Gasteiger partial charge on any atom is -0.494 e. The highest BCUT2D eigenvalue weighted by Gasteiger charge is 2.27. The van der Waals surface area contributed by atoms with Crippen molar-refractivity contribution >= 4 is 17.1 Å². The first kappa shape index (κ1) is 14.7. The molecule has 2 aromatic heterocycles. The van der Waals surface area contributed by atoms with E-state index in [0.29, 0.717) is 0 Å². The number of hydrogen-bond donors (Lipinski definition) is 4. The maximum absolute atomic E-state index is 10.4. The largest absolute Gasteiger partial charge is 0.494 e. The summed E-state index contributed by atoms with van der Waals surface area (Å²) in [6.07, 6.45) is 5.46. The number of rotatable bonds is 2. The number of aromatic hydroxyl groups is 1. The van der Waals surface area contributed by atoms with E-state index in [9.17, 15) is 5.11 Å². The van der Waals surface area contributed by atoms with Gasteiger partial charge in [-0.2, -0.15) is 5.10 Å². The van der Waals surface area contributed by atoms with Crippen molar-refractivity contribution < 1.29 is 5.11 Å². The maximum atomic E-state index is 10.4. The van der Waals surface area contributed by atoms with Crippen LogP contribution >= 0.6 is 0 Å². The number of aromatic amines is 1. The summed E-state index contributed by atoms with van der Waals surface area (Å²) in [7, 11) is 0. The van der Waals surface area contributed by atoms with Gasteiger partial charge >= 0.3 is 0 Å². The fraction of sp³-hybridized carbons (Fsp3) is 0.0500. The van der Waals surface area contributed by atoms with Crippen LogP contribution in [0, 0.1) is 0 Å². The van der Waals surface area contributed by atoms with Gasteiger partial charge in [-0.05, 0) is 35.9 Å². The smallest absolute Gasteiger partial charge is 0.196 e. The van der Waals surface area contributed by atoms with Crippen molar-refractivity contribution in [2.24, 2.45) is 0 Å². The Kier molecular flexibility index (Phi) is 3.21. The van der Waals surface area contributed by atoms with E-state index in [4.69, 9.17) is 0 Å². The average Bonchev–Trinajstić information content (AvgIpc) is 3.29. The minimum atomic E-state index is -0.181. The predicted molar refractivity (Wildman–Crippen MR) is 101 cm³/mol. The van der Waals surface area contributed by atoms with Crippen LogP contribution in [0.3, 0.4) is 0 Å². The molecule has 2 aromatic carbocycles. The lowest BCUT2D eigenvalue weighted by molar-refractivity contribution is 0.449. The zero-order valence-electron chi connectivity index (χ0n) is 13.8. The highest BCUT2D eigenvalue weighted by Crippen LogP contribution is 2.43. The molecule has 6 heteroatoms. The second kappa shape index (κ2) is 5.70. The van der Waals surface area contributed by atoms with Crippen LogP contribution in [0.15, 0.2) is 73.2 Å². The summed E-state index contributed by atoms with van der Waals surface area (Å²) in [5, 5.41) is 21.6. The molecule has 6 nitrogen and oxygen atoms in total. The third-order valence-corrected chi connectivity index (χ3v) is 4.68. The average molecular weight is 343 g/mol. The predicted octanol–water partition coefficient (Wildman–Crippen LogP) is 4.16. The van der Waals surface area contributed by atoms with Crippen molar-refractivity contribution in [2.75, 3.05) is 10.6 Å². The van der Waals surface area contributed by atoms with E-state index >= 15 is 0 Å². The summed E-state index contributed by atoms with van der Waals surface area (Å²) >= 11 is 0. The van der Waals surface area contributed by atoms with Gasteiger partial charge in [-0.1, -0.05) is 24.3 Å². The molecule has 4 N–H and O–H groups in total. The molecule has 0 saturated heterocycles. The van der Waals surface area contributed by atoms with E-state index in [2.05, 4.69) is 32.8 Å². The lowest BCUT2D eigenvalue weighted by atomic mass is 9.99. The van der Waals surface area contributed by atoms with Crippen molar-refractivity contribution in [3.8, 4) is 11.6 Å². The third kappa shape index (κ3) is 2.31. The Balaban J connectivity index is 1.60. The number of fused-ring (bicyclic) bond motifs is 2. The Morgan fingerprint density at radius 2 is 1.73 bits per heavy atom. The minimum absolute atomic E-state index is 0.161. The molecule has 1 aliphatic heterocycles. The zero-order valence-corrected chi connectivity index (χ0v) is 13.8. The quantitative estimate of drug-likeness (QED) is 0.441. The molecule has 3 heterocycles. The molecule has 1 atom stereocenters. The van der Waals surface area contributed by atoms with E-state index < -0.39 is 0 Å². The molecule has 26 heavy (non-hydrogen) atoms. The summed E-state index contributed by atoms with van der Waals surface area (Å²) < 4.78 is 1.82. The van der Waals surface area contributed by atoms with Gasteiger partial charge in [0.1, 0.15) is 0 Å². The van der Waals surface area contributed by atoms with E-state index in [0.717, 1.165) is 33.9 Å². The van der Waals surface area contributed by atoms with Gasteiger partial charge in [0.15, 0.2) is 5.88 Å². The summed E-state index contributed by atoms with van der Waals surface area (Å²) in [6.45, 7) is 0. The molecule has 0 amide bonds. The first-order valence-corrected chi connectivity index (χ1v) is 8.42. The van der Waals surface area contributed by atoms with Crippen LogP contribution in [0.2, 0.25) is 0 Å². The molecule has 5 rings (SSSR count). The first-order valence-electron chi connectivity index (χ1n) is 8.42. The molecule has 0 radical (unpaired) electrons. The molecule has 1 aliphatic rings.